The Morgan fingerprint density at radius 3 is 2.79 bits per heavy atom. The van der Waals surface area contributed by atoms with Crippen molar-refractivity contribution in [1.29, 1.82) is 0 Å². The molecule has 1 aromatic heterocycles. The van der Waals surface area contributed by atoms with Crippen molar-refractivity contribution < 1.29 is 9.21 Å². The number of carbonyl (C=O) groups excluding carboxylic acids is 1. The Kier molecular flexibility index (Phi) is 3.59. The minimum atomic E-state index is 0.00335. The van der Waals surface area contributed by atoms with Gasteiger partial charge in [0.15, 0.2) is 5.58 Å². The van der Waals surface area contributed by atoms with Crippen LogP contribution in [0.5, 0.6) is 0 Å². The minimum Gasteiger partial charge on any atom is -0.423 e. The lowest BCUT2D eigenvalue weighted by Crippen LogP contribution is -2.36. The van der Waals surface area contributed by atoms with Crippen LogP contribution in [-0.2, 0) is 4.79 Å². The number of oxazole rings is 1. The molecule has 0 aliphatic carbocycles. The molecule has 19 heavy (non-hydrogen) atoms. The molecule has 0 unspecified atom stereocenters. The molecule has 102 valence electrons. The Balaban J connectivity index is 2.28. The van der Waals surface area contributed by atoms with E-state index in [2.05, 4.69) is 4.98 Å². The van der Waals surface area contributed by atoms with E-state index in [1.165, 1.54) is 0 Å². The second-order valence-electron chi connectivity index (χ2n) is 4.53. The van der Waals surface area contributed by atoms with Gasteiger partial charge in [0.05, 0.1) is 0 Å². The molecular formula is C13H18N4O2. The number of carbonyl (C=O) groups is 1. The SMILES string of the molecule is CCN(CC(=O)N(C)C)c1nc2cc(N)ccc2o1. The number of rotatable bonds is 4. The number of amides is 1. The standard InChI is InChI=1S/C13H18N4O2/c1-4-17(8-12(18)16(2)3)13-15-10-7-9(14)5-6-11(10)19-13/h5-7H,4,8,14H2,1-3H3. The van der Waals surface area contributed by atoms with E-state index in [9.17, 15) is 4.79 Å². The number of hydrogen-bond acceptors (Lipinski definition) is 5. The molecule has 1 amide bonds. The third kappa shape index (κ3) is 2.78. The zero-order valence-electron chi connectivity index (χ0n) is 11.4. The van der Waals surface area contributed by atoms with Gasteiger partial charge >= 0.3 is 0 Å². The number of nitrogens with zero attached hydrogens (tertiary/aromatic N) is 3. The van der Waals surface area contributed by atoms with Crippen LogP contribution in [0.25, 0.3) is 11.1 Å². The third-order valence-corrected chi connectivity index (χ3v) is 2.88. The second kappa shape index (κ2) is 5.17. The monoisotopic (exact) mass is 262 g/mol. The molecule has 0 atom stereocenters. The lowest BCUT2D eigenvalue weighted by atomic mass is 10.3. The molecule has 2 aromatic rings. The van der Waals surface area contributed by atoms with Crippen LogP contribution in [0, 0.1) is 0 Å². The Bertz CT molecular complexity index is 591. The van der Waals surface area contributed by atoms with Gasteiger partial charge in [-0.3, -0.25) is 4.79 Å². The highest BCUT2D eigenvalue weighted by molar-refractivity contribution is 5.82. The van der Waals surface area contributed by atoms with E-state index in [-0.39, 0.29) is 12.5 Å². The van der Waals surface area contributed by atoms with Crippen molar-refractivity contribution in [2.45, 2.75) is 6.92 Å². The molecule has 6 nitrogen and oxygen atoms in total. The maximum atomic E-state index is 11.7. The lowest BCUT2D eigenvalue weighted by Gasteiger charge is -2.20. The summed E-state index contributed by atoms with van der Waals surface area (Å²) in [6, 6.07) is 5.74. The van der Waals surface area contributed by atoms with Crippen LogP contribution in [0.1, 0.15) is 6.92 Å². The van der Waals surface area contributed by atoms with E-state index in [0.29, 0.717) is 29.3 Å². The van der Waals surface area contributed by atoms with Crippen LogP contribution in [-0.4, -0.2) is 43.0 Å². The summed E-state index contributed by atoms with van der Waals surface area (Å²) in [5.41, 5.74) is 7.71. The van der Waals surface area contributed by atoms with E-state index >= 15 is 0 Å². The summed E-state index contributed by atoms with van der Waals surface area (Å²) < 4.78 is 5.65. The van der Waals surface area contributed by atoms with Crippen molar-refractivity contribution in [1.82, 2.24) is 9.88 Å². The van der Waals surface area contributed by atoms with E-state index in [1.54, 1.807) is 42.1 Å². The van der Waals surface area contributed by atoms with Crippen LogP contribution in [0.3, 0.4) is 0 Å². The lowest BCUT2D eigenvalue weighted by molar-refractivity contribution is -0.127. The first-order valence-corrected chi connectivity index (χ1v) is 6.12. The normalized spacial score (nSPS) is 10.7. The summed E-state index contributed by atoms with van der Waals surface area (Å²) in [4.78, 5) is 19.5. The zero-order valence-corrected chi connectivity index (χ0v) is 11.4. The van der Waals surface area contributed by atoms with Gasteiger partial charge in [-0.15, -0.1) is 0 Å². The highest BCUT2D eigenvalue weighted by Crippen LogP contribution is 2.23. The van der Waals surface area contributed by atoms with Crippen molar-refractivity contribution in [2.75, 3.05) is 37.8 Å². The summed E-state index contributed by atoms with van der Waals surface area (Å²) in [6.07, 6.45) is 0. The van der Waals surface area contributed by atoms with Crippen molar-refractivity contribution in [3.63, 3.8) is 0 Å². The molecule has 0 saturated heterocycles. The Morgan fingerprint density at radius 1 is 1.42 bits per heavy atom. The quantitative estimate of drug-likeness (QED) is 0.841. The number of likely N-dealkylation sites (N-methyl/N-ethyl adjacent to an activating group) is 2. The molecule has 0 fully saturated rings. The van der Waals surface area contributed by atoms with Gasteiger partial charge in [0.2, 0.25) is 5.91 Å². The maximum Gasteiger partial charge on any atom is 0.298 e. The highest BCUT2D eigenvalue weighted by Gasteiger charge is 2.16. The number of hydrogen-bond donors (Lipinski definition) is 1. The summed E-state index contributed by atoms with van der Waals surface area (Å²) in [5.74, 6) is 0.00335. The molecular weight excluding hydrogens is 244 g/mol. The molecule has 0 aliphatic heterocycles. The van der Waals surface area contributed by atoms with E-state index in [0.717, 1.165) is 0 Å². The molecule has 0 radical (unpaired) electrons. The molecule has 0 aliphatic rings. The first-order chi connectivity index (χ1) is 9.01. The summed E-state index contributed by atoms with van der Waals surface area (Å²) in [5, 5.41) is 0. The Labute approximate surface area is 111 Å². The number of fused-ring (bicyclic) bond motifs is 1. The van der Waals surface area contributed by atoms with Crippen molar-refractivity contribution in [3.05, 3.63) is 18.2 Å². The first-order valence-electron chi connectivity index (χ1n) is 6.12. The van der Waals surface area contributed by atoms with Crippen LogP contribution in [0.15, 0.2) is 22.6 Å². The molecule has 0 bridgehead atoms. The van der Waals surface area contributed by atoms with Crippen LogP contribution < -0.4 is 10.6 Å². The fourth-order valence-electron chi connectivity index (χ4n) is 1.69. The van der Waals surface area contributed by atoms with Gasteiger partial charge in [-0.2, -0.15) is 4.98 Å². The highest BCUT2D eigenvalue weighted by atomic mass is 16.4. The fourth-order valence-corrected chi connectivity index (χ4v) is 1.69. The summed E-state index contributed by atoms with van der Waals surface area (Å²) in [7, 11) is 3.45. The zero-order chi connectivity index (χ0) is 14.0. The van der Waals surface area contributed by atoms with Gasteiger partial charge in [-0.1, -0.05) is 0 Å². The summed E-state index contributed by atoms with van der Waals surface area (Å²) >= 11 is 0. The molecule has 2 rings (SSSR count). The van der Waals surface area contributed by atoms with E-state index < -0.39 is 0 Å². The van der Waals surface area contributed by atoms with Gasteiger partial charge in [0, 0.05) is 26.3 Å². The average molecular weight is 262 g/mol. The van der Waals surface area contributed by atoms with Crippen molar-refractivity contribution in [3.8, 4) is 0 Å². The predicted molar refractivity (Wildman–Crippen MR) is 75.0 cm³/mol. The third-order valence-electron chi connectivity index (χ3n) is 2.88. The number of nitrogen functional groups attached to an aromatic ring is 1. The predicted octanol–water partition coefficient (Wildman–Crippen LogP) is 1.32. The molecule has 0 saturated carbocycles. The number of aromatic nitrogens is 1. The number of anilines is 2. The van der Waals surface area contributed by atoms with Crippen LogP contribution in [0.2, 0.25) is 0 Å². The topological polar surface area (TPSA) is 75.6 Å². The number of benzene rings is 1. The maximum absolute atomic E-state index is 11.7. The van der Waals surface area contributed by atoms with Gasteiger partial charge in [0.25, 0.3) is 6.01 Å². The first kappa shape index (κ1) is 13.2. The van der Waals surface area contributed by atoms with Crippen molar-refractivity contribution >= 4 is 28.7 Å². The largest absolute Gasteiger partial charge is 0.423 e. The van der Waals surface area contributed by atoms with Crippen LogP contribution >= 0.6 is 0 Å². The molecule has 0 spiro atoms. The van der Waals surface area contributed by atoms with E-state index in [1.807, 2.05) is 6.92 Å². The molecule has 6 heteroatoms. The van der Waals surface area contributed by atoms with Gasteiger partial charge in [0.1, 0.15) is 12.1 Å². The van der Waals surface area contributed by atoms with Gasteiger partial charge < -0.3 is 20.0 Å². The fraction of sp³-hybridized carbons (Fsp3) is 0.385. The smallest absolute Gasteiger partial charge is 0.298 e. The van der Waals surface area contributed by atoms with Gasteiger partial charge in [-0.25, -0.2) is 0 Å². The Hall–Kier alpha value is -2.24. The van der Waals surface area contributed by atoms with Crippen molar-refractivity contribution in [2.24, 2.45) is 0 Å². The minimum absolute atomic E-state index is 0.00335. The Morgan fingerprint density at radius 2 is 2.16 bits per heavy atom. The summed E-state index contributed by atoms with van der Waals surface area (Å²) in [6.45, 7) is 2.83. The molecule has 1 heterocycles. The number of nitrogens with two attached hydrogens (primary N) is 1. The van der Waals surface area contributed by atoms with Crippen LogP contribution in [0.4, 0.5) is 11.7 Å². The second-order valence-corrected chi connectivity index (χ2v) is 4.53. The van der Waals surface area contributed by atoms with E-state index in [4.69, 9.17) is 10.2 Å². The molecule has 2 N–H and O–H groups in total. The van der Waals surface area contributed by atoms with Gasteiger partial charge in [-0.05, 0) is 25.1 Å². The average Bonchev–Trinajstić information content (AvgIpc) is 2.77. The molecule has 1 aromatic carbocycles.